The van der Waals surface area contributed by atoms with Crippen molar-refractivity contribution in [3.63, 3.8) is 0 Å². The fourth-order valence-electron chi connectivity index (χ4n) is 3.93. The molecule has 2 N–H and O–H groups in total. The molecule has 1 amide bonds. The third-order valence-corrected chi connectivity index (χ3v) is 6.12. The summed E-state index contributed by atoms with van der Waals surface area (Å²) >= 11 is 1.73. The lowest BCUT2D eigenvalue weighted by molar-refractivity contribution is -0.135. The molecule has 1 unspecified atom stereocenters. The van der Waals surface area contributed by atoms with E-state index in [0.29, 0.717) is 11.9 Å². The summed E-state index contributed by atoms with van der Waals surface area (Å²) in [6.45, 7) is 5.40. The Hall–Kier alpha value is -1.56. The quantitative estimate of drug-likeness (QED) is 0.593. The predicted molar refractivity (Wildman–Crippen MR) is 109 cm³/mol. The van der Waals surface area contributed by atoms with Crippen molar-refractivity contribution >= 4 is 23.2 Å². The second-order valence-electron chi connectivity index (χ2n) is 7.39. The number of nitrogens with one attached hydrogen (secondary N) is 2. The molecule has 1 atom stereocenters. The van der Waals surface area contributed by atoms with E-state index < -0.39 is 0 Å². The Morgan fingerprint density at radius 1 is 1.31 bits per heavy atom. The van der Waals surface area contributed by atoms with E-state index in [0.717, 1.165) is 57.8 Å². The molecule has 2 fully saturated rings. The number of aliphatic imine (C=N–C) groups is 1. The topological polar surface area (TPSA) is 56.7 Å². The average Bonchev–Trinajstić information content (AvgIpc) is 3.34. The zero-order valence-corrected chi connectivity index (χ0v) is 16.7. The summed E-state index contributed by atoms with van der Waals surface area (Å²) in [6, 6.07) is 2.47. The maximum Gasteiger partial charge on any atom is 0.225 e. The summed E-state index contributed by atoms with van der Waals surface area (Å²) in [5, 5.41) is 11.2. The molecular weight excluding hydrogens is 344 g/mol. The van der Waals surface area contributed by atoms with Gasteiger partial charge in [-0.3, -0.25) is 9.79 Å². The van der Waals surface area contributed by atoms with Crippen molar-refractivity contribution in [3.05, 3.63) is 22.4 Å². The molecule has 1 saturated heterocycles. The number of thiophene rings is 1. The second kappa shape index (κ2) is 9.95. The van der Waals surface area contributed by atoms with Crippen molar-refractivity contribution in [2.75, 3.05) is 26.2 Å². The van der Waals surface area contributed by atoms with Crippen LogP contribution in [0, 0.1) is 5.92 Å². The summed E-state index contributed by atoms with van der Waals surface area (Å²) in [4.78, 5) is 19.5. The van der Waals surface area contributed by atoms with Crippen LogP contribution in [0.4, 0.5) is 0 Å². The van der Waals surface area contributed by atoms with Gasteiger partial charge in [-0.05, 0) is 55.0 Å². The Bertz CT molecular complexity index is 581. The maximum atomic E-state index is 12.7. The number of amides is 1. The molecule has 1 aliphatic heterocycles. The summed E-state index contributed by atoms with van der Waals surface area (Å²) < 4.78 is 0. The van der Waals surface area contributed by atoms with E-state index in [9.17, 15) is 4.79 Å². The normalized spacial score (nSPS) is 21.8. The highest BCUT2D eigenvalue weighted by molar-refractivity contribution is 7.07. The van der Waals surface area contributed by atoms with Gasteiger partial charge in [0.1, 0.15) is 0 Å². The van der Waals surface area contributed by atoms with E-state index >= 15 is 0 Å². The Kier molecular flexibility index (Phi) is 7.35. The lowest BCUT2D eigenvalue weighted by Crippen LogP contribution is -2.45. The van der Waals surface area contributed by atoms with Gasteiger partial charge in [-0.25, -0.2) is 0 Å². The lowest BCUT2D eigenvalue weighted by Gasteiger charge is -2.26. The van der Waals surface area contributed by atoms with Gasteiger partial charge in [0.25, 0.3) is 0 Å². The minimum atomic E-state index is 0.273. The van der Waals surface area contributed by atoms with Crippen LogP contribution in [0.1, 0.15) is 51.0 Å². The standard InChI is InChI=1S/C20H32N4OS/c1-2-21-20(22-11-8-16-10-13-26-15-16)23-18-9-12-24(14-18)19(25)17-6-4-3-5-7-17/h10,13,15,17-18H,2-9,11-12,14H2,1H3,(H2,21,22,23). The van der Waals surface area contributed by atoms with E-state index in [1.165, 1.54) is 24.8 Å². The van der Waals surface area contributed by atoms with Gasteiger partial charge in [-0.1, -0.05) is 19.3 Å². The summed E-state index contributed by atoms with van der Waals surface area (Å²) in [5.74, 6) is 1.53. The first-order valence-electron chi connectivity index (χ1n) is 10.1. The van der Waals surface area contributed by atoms with Crippen LogP contribution < -0.4 is 10.6 Å². The fourth-order valence-corrected chi connectivity index (χ4v) is 4.63. The molecular formula is C20H32N4OS. The summed E-state index contributed by atoms with van der Waals surface area (Å²) in [7, 11) is 0. The number of hydrogen-bond donors (Lipinski definition) is 2. The average molecular weight is 377 g/mol. The van der Waals surface area contributed by atoms with E-state index in [1.54, 1.807) is 11.3 Å². The fraction of sp³-hybridized carbons (Fsp3) is 0.700. The van der Waals surface area contributed by atoms with Crippen molar-refractivity contribution in [1.82, 2.24) is 15.5 Å². The van der Waals surface area contributed by atoms with Crippen LogP contribution in [0.25, 0.3) is 0 Å². The van der Waals surface area contributed by atoms with Crippen molar-refractivity contribution < 1.29 is 4.79 Å². The lowest BCUT2D eigenvalue weighted by atomic mass is 9.88. The first-order valence-corrected chi connectivity index (χ1v) is 11.0. The molecule has 1 aromatic heterocycles. The van der Waals surface area contributed by atoms with E-state index in [2.05, 4.69) is 39.3 Å². The highest BCUT2D eigenvalue weighted by atomic mass is 32.1. The van der Waals surface area contributed by atoms with Gasteiger partial charge < -0.3 is 15.5 Å². The first-order chi connectivity index (χ1) is 12.8. The number of carbonyl (C=O) groups is 1. The highest BCUT2D eigenvalue weighted by Gasteiger charge is 2.31. The molecule has 1 aliphatic carbocycles. The molecule has 5 nitrogen and oxygen atoms in total. The molecule has 1 aromatic rings. The number of guanidine groups is 1. The van der Waals surface area contributed by atoms with Crippen molar-refractivity contribution in [1.29, 1.82) is 0 Å². The molecule has 6 heteroatoms. The Morgan fingerprint density at radius 3 is 2.88 bits per heavy atom. The van der Waals surface area contributed by atoms with Crippen LogP contribution in [-0.2, 0) is 11.2 Å². The highest BCUT2D eigenvalue weighted by Crippen LogP contribution is 2.26. The first kappa shape index (κ1) is 19.2. The Labute approximate surface area is 161 Å². The molecule has 26 heavy (non-hydrogen) atoms. The molecule has 2 aliphatic rings. The van der Waals surface area contributed by atoms with Crippen molar-refractivity contribution in [2.45, 2.75) is 57.9 Å². The third kappa shape index (κ3) is 5.47. The van der Waals surface area contributed by atoms with Crippen LogP contribution >= 0.6 is 11.3 Å². The van der Waals surface area contributed by atoms with Gasteiger partial charge in [0.05, 0.1) is 0 Å². The SMILES string of the molecule is CCNC(=NCCc1ccsc1)NC1CCN(C(=O)C2CCCCC2)C1. The molecule has 3 rings (SSSR count). The zero-order valence-electron chi connectivity index (χ0n) is 15.9. The summed E-state index contributed by atoms with van der Waals surface area (Å²) in [6.07, 6.45) is 7.87. The predicted octanol–water partition coefficient (Wildman–Crippen LogP) is 3.03. The number of nitrogens with zero attached hydrogens (tertiary/aromatic N) is 2. The second-order valence-corrected chi connectivity index (χ2v) is 8.17. The molecule has 0 bridgehead atoms. The van der Waals surface area contributed by atoms with Gasteiger partial charge in [0.15, 0.2) is 5.96 Å². The number of carbonyl (C=O) groups excluding carboxylic acids is 1. The van der Waals surface area contributed by atoms with E-state index in [-0.39, 0.29) is 5.92 Å². The van der Waals surface area contributed by atoms with Crippen LogP contribution in [0.5, 0.6) is 0 Å². The molecule has 144 valence electrons. The van der Waals surface area contributed by atoms with Crippen LogP contribution in [0.3, 0.4) is 0 Å². The van der Waals surface area contributed by atoms with Crippen molar-refractivity contribution in [3.8, 4) is 0 Å². The Morgan fingerprint density at radius 2 is 2.15 bits per heavy atom. The third-order valence-electron chi connectivity index (χ3n) is 5.39. The Balaban J connectivity index is 1.47. The minimum Gasteiger partial charge on any atom is -0.357 e. The maximum absolute atomic E-state index is 12.7. The molecule has 0 spiro atoms. The summed E-state index contributed by atoms with van der Waals surface area (Å²) in [5.41, 5.74) is 1.35. The van der Waals surface area contributed by atoms with E-state index in [4.69, 9.17) is 4.99 Å². The molecule has 0 aromatic carbocycles. The van der Waals surface area contributed by atoms with Gasteiger partial charge in [0, 0.05) is 38.1 Å². The van der Waals surface area contributed by atoms with Gasteiger partial charge >= 0.3 is 0 Å². The van der Waals surface area contributed by atoms with Gasteiger partial charge in [-0.15, -0.1) is 0 Å². The smallest absolute Gasteiger partial charge is 0.225 e. The largest absolute Gasteiger partial charge is 0.357 e. The van der Waals surface area contributed by atoms with Crippen LogP contribution in [0.15, 0.2) is 21.8 Å². The zero-order chi connectivity index (χ0) is 18.2. The van der Waals surface area contributed by atoms with E-state index in [1.807, 2.05) is 0 Å². The van der Waals surface area contributed by atoms with Crippen molar-refractivity contribution in [2.24, 2.45) is 10.9 Å². The van der Waals surface area contributed by atoms with Crippen LogP contribution in [0.2, 0.25) is 0 Å². The van der Waals surface area contributed by atoms with Gasteiger partial charge in [-0.2, -0.15) is 11.3 Å². The number of hydrogen-bond acceptors (Lipinski definition) is 3. The van der Waals surface area contributed by atoms with Gasteiger partial charge in [0.2, 0.25) is 5.91 Å². The van der Waals surface area contributed by atoms with Crippen LogP contribution in [-0.4, -0.2) is 49.0 Å². The number of rotatable bonds is 6. The minimum absolute atomic E-state index is 0.273. The molecule has 1 saturated carbocycles. The molecule has 2 heterocycles. The number of likely N-dealkylation sites (tertiary alicyclic amines) is 1. The molecule has 0 radical (unpaired) electrons. The monoisotopic (exact) mass is 376 g/mol.